The molecular weight excluding hydrogens is 200 g/mol. The van der Waals surface area contributed by atoms with Gasteiger partial charge in [0.15, 0.2) is 0 Å². The normalized spacial score (nSPS) is 42.7. The van der Waals surface area contributed by atoms with Crippen LogP contribution >= 0.6 is 0 Å². The predicted octanol–water partition coefficient (Wildman–Crippen LogP) is 0.00880. The molecule has 3 rings (SSSR count). The van der Waals surface area contributed by atoms with Crippen molar-refractivity contribution in [1.82, 2.24) is 0 Å². The highest BCUT2D eigenvalue weighted by Crippen LogP contribution is 2.52. The highest BCUT2D eigenvalue weighted by atomic mass is 16.6. The maximum atomic E-state index is 11.5. The number of ether oxygens (including phenoxy) is 2. The largest absolute Gasteiger partial charge is 0.431 e. The van der Waals surface area contributed by atoms with Gasteiger partial charge in [0, 0.05) is 5.92 Å². The van der Waals surface area contributed by atoms with E-state index in [0.29, 0.717) is 6.42 Å². The van der Waals surface area contributed by atoms with Gasteiger partial charge < -0.3 is 9.47 Å². The summed E-state index contributed by atoms with van der Waals surface area (Å²) in [5, 5.41) is 0. The third-order valence-corrected chi connectivity index (χ3v) is 3.46. The summed E-state index contributed by atoms with van der Waals surface area (Å²) in [6.45, 7) is 3.60. The van der Waals surface area contributed by atoms with Crippen LogP contribution in [0.15, 0.2) is 12.3 Å². The molecule has 4 atom stereocenters. The molecule has 0 aromatic heterocycles. The molecule has 1 aliphatic carbocycles. The summed E-state index contributed by atoms with van der Waals surface area (Å²) in [7, 11) is 0. The Morgan fingerprint density at radius 2 is 1.53 bits per heavy atom. The highest BCUT2D eigenvalue weighted by Gasteiger charge is 2.63. The van der Waals surface area contributed by atoms with E-state index in [-0.39, 0.29) is 11.7 Å². The summed E-state index contributed by atoms with van der Waals surface area (Å²) in [5.41, 5.74) is 0. The first-order chi connectivity index (χ1) is 7.09. The molecule has 3 fully saturated rings. The summed E-state index contributed by atoms with van der Waals surface area (Å²) in [6, 6.07) is 0. The van der Waals surface area contributed by atoms with Crippen LogP contribution in [0.25, 0.3) is 0 Å². The summed E-state index contributed by atoms with van der Waals surface area (Å²) >= 11 is 0. The number of rotatable bonds is 0. The minimum absolute atomic E-state index is 0.239. The highest BCUT2D eigenvalue weighted by molar-refractivity contribution is 6.00. The number of hydrogen-bond donors (Lipinski definition) is 0. The molecule has 3 aliphatic rings. The van der Waals surface area contributed by atoms with Crippen molar-refractivity contribution in [2.24, 2.45) is 23.7 Å². The van der Waals surface area contributed by atoms with Gasteiger partial charge in [-0.1, -0.05) is 6.58 Å². The van der Waals surface area contributed by atoms with Gasteiger partial charge in [0.05, 0.1) is 17.8 Å². The Morgan fingerprint density at radius 3 is 2.20 bits per heavy atom. The van der Waals surface area contributed by atoms with Gasteiger partial charge in [-0.3, -0.25) is 14.4 Å². The summed E-state index contributed by atoms with van der Waals surface area (Å²) in [6.07, 6.45) is 0.480. The van der Waals surface area contributed by atoms with Gasteiger partial charge in [0.2, 0.25) is 0 Å². The van der Waals surface area contributed by atoms with Crippen molar-refractivity contribution in [2.45, 2.75) is 6.42 Å². The average molecular weight is 208 g/mol. The SMILES string of the molecule is C=C1OC(=O)C2CC1C1C(=O)OC(=O)C21. The second kappa shape index (κ2) is 2.48. The summed E-state index contributed by atoms with van der Waals surface area (Å²) in [5.74, 6) is -3.27. The van der Waals surface area contributed by atoms with Crippen molar-refractivity contribution in [1.29, 1.82) is 0 Å². The van der Waals surface area contributed by atoms with Gasteiger partial charge >= 0.3 is 17.9 Å². The molecule has 2 saturated heterocycles. The molecule has 15 heavy (non-hydrogen) atoms. The van der Waals surface area contributed by atoms with Crippen LogP contribution in [0.3, 0.4) is 0 Å². The van der Waals surface area contributed by atoms with Crippen LogP contribution in [0, 0.1) is 23.7 Å². The molecule has 0 radical (unpaired) electrons. The van der Waals surface area contributed by atoms with E-state index in [4.69, 9.17) is 4.74 Å². The number of hydrogen-bond acceptors (Lipinski definition) is 5. The first-order valence-corrected chi connectivity index (χ1v) is 4.75. The molecule has 2 heterocycles. The van der Waals surface area contributed by atoms with Crippen molar-refractivity contribution < 1.29 is 23.9 Å². The molecule has 0 N–H and O–H groups in total. The fourth-order valence-electron chi connectivity index (χ4n) is 2.78. The van der Waals surface area contributed by atoms with Gasteiger partial charge in [-0.2, -0.15) is 0 Å². The Morgan fingerprint density at radius 1 is 0.933 bits per heavy atom. The number of carbonyl (C=O) groups excluding carboxylic acids is 3. The lowest BCUT2D eigenvalue weighted by atomic mass is 9.90. The molecule has 0 amide bonds. The van der Waals surface area contributed by atoms with E-state index in [1.54, 1.807) is 0 Å². The number of fused-ring (bicyclic) bond motifs is 5. The molecule has 2 bridgehead atoms. The van der Waals surface area contributed by atoms with E-state index in [1.807, 2.05) is 0 Å². The monoisotopic (exact) mass is 208 g/mol. The second-order valence-electron chi connectivity index (χ2n) is 4.13. The van der Waals surface area contributed by atoms with Crippen LogP contribution in [0.4, 0.5) is 0 Å². The van der Waals surface area contributed by atoms with Gasteiger partial charge in [-0.25, -0.2) is 0 Å². The summed E-state index contributed by atoms with van der Waals surface area (Å²) in [4.78, 5) is 34.2. The van der Waals surface area contributed by atoms with Crippen molar-refractivity contribution in [3.05, 3.63) is 12.3 Å². The standard InChI is InChI=1S/C10H8O5/c1-3-4-2-5(8(11)14-3)7-6(4)9(12)15-10(7)13/h4-7H,1-2H2. The van der Waals surface area contributed by atoms with E-state index < -0.39 is 35.7 Å². The average Bonchev–Trinajstić information content (AvgIpc) is 2.63. The molecule has 0 aromatic carbocycles. The third kappa shape index (κ3) is 0.900. The van der Waals surface area contributed by atoms with Crippen LogP contribution in [0.2, 0.25) is 0 Å². The predicted molar refractivity (Wildman–Crippen MR) is 44.9 cm³/mol. The van der Waals surface area contributed by atoms with Crippen LogP contribution in [-0.2, 0) is 23.9 Å². The quantitative estimate of drug-likeness (QED) is 0.414. The van der Waals surface area contributed by atoms with Crippen LogP contribution in [0.5, 0.6) is 0 Å². The molecule has 0 spiro atoms. The third-order valence-electron chi connectivity index (χ3n) is 3.46. The summed E-state index contributed by atoms with van der Waals surface area (Å²) < 4.78 is 9.45. The molecule has 1 saturated carbocycles. The van der Waals surface area contributed by atoms with E-state index in [1.165, 1.54) is 0 Å². The molecular formula is C10H8O5. The molecule has 78 valence electrons. The minimum Gasteiger partial charge on any atom is -0.431 e. The minimum atomic E-state index is -0.644. The van der Waals surface area contributed by atoms with Gasteiger partial charge in [-0.15, -0.1) is 0 Å². The Hall–Kier alpha value is -1.65. The zero-order chi connectivity index (χ0) is 10.7. The van der Waals surface area contributed by atoms with Gasteiger partial charge in [-0.05, 0) is 6.42 Å². The fraction of sp³-hybridized carbons (Fsp3) is 0.500. The Kier molecular flexibility index (Phi) is 1.43. The topological polar surface area (TPSA) is 69.7 Å². The van der Waals surface area contributed by atoms with Crippen molar-refractivity contribution in [2.75, 3.05) is 0 Å². The van der Waals surface area contributed by atoms with Crippen LogP contribution < -0.4 is 0 Å². The number of cyclic esters (lactones) is 3. The Labute approximate surface area is 85.0 Å². The van der Waals surface area contributed by atoms with Crippen LogP contribution in [0.1, 0.15) is 6.42 Å². The number of allylic oxidation sites excluding steroid dienone is 1. The van der Waals surface area contributed by atoms with Gasteiger partial charge in [0.1, 0.15) is 5.76 Å². The lowest BCUT2D eigenvalue weighted by molar-refractivity contribution is -0.160. The Bertz CT molecular complexity index is 370. The van der Waals surface area contributed by atoms with E-state index in [9.17, 15) is 14.4 Å². The zero-order valence-electron chi connectivity index (χ0n) is 7.76. The molecule has 4 unspecified atom stereocenters. The fourth-order valence-corrected chi connectivity index (χ4v) is 2.78. The maximum Gasteiger partial charge on any atom is 0.318 e. The maximum absolute atomic E-state index is 11.5. The van der Waals surface area contributed by atoms with Crippen molar-refractivity contribution >= 4 is 17.9 Å². The van der Waals surface area contributed by atoms with Gasteiger partial charge in [0.25, 0.3) is 0 Å². The number of esters is 3. The number of carbonyl (C=O) groups is 3. The lowest BCUT2D eigenvalue weighted by Gasteiger charge is -2.22. The van der Waals surface area contributed by atoms with Crippen molar-refractivity contribution in [3.63, 3.8) is 0 Å². The Balaban J connectivity index is 2.09. The molecule has 5 nitrogen and oxygen atoms in total. The van der Waals surface area contributed by atoms with E-state index in [0.717, 1.165) is 0 Å². The second-order valence-corrected chi connectivity index (χ2v) is 4.13. The van der Waals surface area contributed by atoms with E-state index in [2.05, 4.69) is 11.3 Å². The van der Waals surface area contributed by atoms with Crippen molar-refractivity contribution in [3.8, 4) is 0 Å². The van der Waals surface area contributed by atoms with Crippen LogP contribution in [-0.4, -0.2) is 17.9 Å². The smallest absolute Gasteiger partial charge is 0.318 e. The van der Waals surface area contributed by atoms with E-state index >= 15 is 0 Å². The molecule has 0 aromatic rings. The lowest BCUT2D eigenvalue weighted by Crippen LogP contribution is -2.28. The zero-order valence-corrected chi connectivity index (χ0v) is 7.76. The first-order valence-electron chi connectivity index (χ1n) is 4.75. The molecule has 5 heteroatoms. The first kappa shape index (κ1) is 8.64. The molecule has 2 aliphatic heterocycles.